The Hall–Kier alpha value is -3.26. The van der Waals surface area contributed by atoms with Gasteiger partial charge in [0, 0.05) is 36.1 Å². The normalized spacial score (nSPS) is 14.4. The minimum atomic E-state index is -0.414. The van der Waals surface area contributed by atoms with Gasteiger partial charge in [-0.3, -0.25) is 9.59 Å². The van der Waals surface area contributed by atoms with Crippen molar-refractivity contribution in [1.82, 2.24) is 25.0 Å². The van der Waals surface area contributed by atoms with E-state index >= 15 is 0 Å². The molecule has 3 heterocycles. The summed E-state index contributed by atoms with van der Waals surface area (Å²) in [6, 6.07) is 11.0. The predicted molar refractivity (Wildman–Crippen MR) is 126 cm³/mol. The van der Waals surface area contributed by atoms with Crippen molar-refractivity contribution in [3.8, 4) is 11.5 Å². The summed E-state index contributed by atoms with van der Waals surface area (Å²) in [6.07, 6.45) is 4.36. The Balaban J connectivity index is 1.48. The van der Waals surface area contributed by atoms with Gasteiger partial charge in [0.1, 0.15) is 5.56 Å². The van der Waals surface area contributed by atoms with Crippen LogP contribution < -0.4 is 10.7 Å². The zero-order chi connectivity index (χ0) is 23.2. The predicted octanol–water partition coefficient (Wildman–Crippen LogP) is 3.19. The van der Waals surface area contributed by atoms with Crippen molar-refractivity contribution in [2.75, 3.05) is 19.6 Å². The average Bonchev–Trinajstić information content (AvgIpc) is 3.32. The van der Waals surface area contributed by atoms with Gasteiger partial charge in [-0.25, -0.2) is 0 Å². The Kier molecular flexibility index (Phi) is 7.34. The topological polar surface area (TPSA) is 93.3 Å². The zero-order valence-corrected chi connectivity index (χ0v) is 19.3. The molecule has 33 heavy (non-hydrogen) atoms. The molecule has 0 saturated carbocycles. The number of hydrogen-bond acceptors (Lipinski definition) is 6. The number of amides is 1. The second-order valence-corrected chi connectivity index (χ2v) is 8.43. The molecule has 0 spiro atoms. The molecule has 1 fully saturated rings. The van der Waals surface area contributed by atoms with Gasteiger partial charge in [-0.2, -0.15) is 0 Å². The van der Waals surface area contributed by atoms with E-state index in [4.69, 9.17) is 4.42 Å². The number of aromatic nitrogens is 3. The van der Waals surface area contributed by atoms with Crippen LogP contribution in [0.1, 0.15) is 53.8 Å². The van der Waals surface area contributed by atoms with E-state index in [2.05, 4.69) is 25.0 Å². The molecular weight excluding hydrogens is 418 g/mol. The molecule has 3 aromatic rings. The molecule has 1 aliphatic heterocycles. The van der Waals surface area contributed by atoms with E-state index in [9.17, 15) is 9.59 Å². The van der Waals surface area contributed by atoms with E-state index in [1.807, 2.05) is 44.2 Å². The molecule has 8 nitrogen and oxygen atoms in total. The maximum Gasteiger partial charge on any atom is 0.257 e. The summed E-state index contributed by atoms with van der Waals surface area (Å²) in [5.74, 6) is 0.269. The highest BCUT2D eigenvalue weighted by atomic mass is 16.4. The summed E-state index contributed by atoms with van der Waals surface area (Å²) in [6.45, 7) is 7.88. The Labute approximate surface area is 193 Å². The number of aryl methyl sites for hydroxylation is 1. The lowest BCUT2D eigenvalue weighted by atomic mass is 10.1. The molecule has 0 aliphatic carbocycles. The molecule has 0 unspecified atom stereocenters. The van der Waals surface area contributed by atoms with Gasteiger partial charge in [0.05, 0.1) is 6.54 Å². The standard InChI is InChI=1S/C25H31N5O3/c1-3-20-23(21(31)16-18(2)30(20)15-14-29-12-8-5-9-13-29)24(32)26-17-22-27-28-25(33-22)19-10-6-4-7-11-19/h4,6-7,10-11,16H,3,5,8-9,12-15,17H2,1-2H3,(H,26,32). The lowest BCUT2D eigenvalue weighted by Crippen LogP contribution is -2.36. The van der Waals surface area contributed by atoms with Gasteiger partial charge in [0.2, 0.25) is 11.8 Å². The van der Waals surface area contributed by atoms with Gasteiger partial charge in [-0.1, -0.05) is 31.5 Å². The molecule has 2 aromatic heterocycles. The first-order valence-corrected chi connectivity index (χ1v) is 11.7. The number of carbonyl (C=O) groups is 1. The second kappa shape index (κ2) is 10.6. The quantitative estimate of drug-likeness (QED) is 0.568. The van der Waals surface area contributed by atoms with E-state index in [-0.39, 0.29) is 23.4 Å². The zero-order valence-electron chi connectivity index (χ0n) is 19.3. The van der Waals surface area contributed by atoms with Crippen LogP contribution >= 0.6 is 0 Å². The molecular formula is C25H31N5O3. The van der Waals surface area contributed by atoms with Crippen LogP contribution in [0, 0.1) is 6.92 Å². The summed E-state index contributed by atoms with van der Waals surface area (Å²) >= 11 is 0. The number of hydrogen-bond donors (Lipinski definition) is 1. The number of pyridine rings is 1. The van der Waals surface area contributed by atoms with E-state index in [0.29, 0.717) is 12.3 Å². The number of rotatable bonds is 8. The molecule has 1 saturated heterocycles. The first kappa shape index (κ1) is 22.9. The minimum absolute atomic E-state index is 0.0584. The summed E-state index contributed by atoms with van der Waals surface area (Å²) in [7, 11) is 0. The molecule has 1 aromatic carbocycles. The van der Waals surface area contributed by atoms with Crippen molar-refractivity contribution < 1.29 is 9.21 Å². The molecule has 0 bridgehead atoms. The van der Waals surface area contributed by atoms with E-state index in [0.717, 1.165) is 43.1 Å². The van der Waals surface area contributed by atoms with Crippen LogP contribution in [0.25, 0.3) is 11.5 Å². The van der Waals surface area contributed by atoms with Gasteiger partial charge >= 0.3 is 0 Å². The van der Waals surface area contributed by atoms with Gasteiger partial charge in [-0.15, -0.1) is 10.2 Å². The highest BCUT2D eigenvalue weighted by Crippen LogP contribution is 2.17. The smallest absolute Gasteiger partial charge is 0.257 e. The van der Waals surface area contributed by atoms with Gasteiger partial charge in [0.15, 0.2) is 5.43 Å². The SMILES string of the molecule is CCc1c(C(=O)NCc2nnc(-c3ccccc3)o2)c(=O)cc(C)n1CCN1CCCCC1. The number of benzene rings is 1. The Morgan fingerprint density at radius 1 is 1.09 bits per heavy atom. The highest BCUT2D eigenvalue weighted by molar-refractivity contribution is 5.95. The fourth-order valence-electron chi connectivity index (χ4n) is 4.44. The summed E-state index contributed by atoms with van der Waals surface area (Å²) < 4.78 is 7.78. The number of likely N-dealkylation sites (tertiary alicyclic amines) is 1. The van der Waals surface area contributed by atoms with Gasteiger partial charge < -0.3 is 19.2 Å². The van der Waals surface area contributed by atoms with Crippen LogP contribution in [0.3, 0.4) is 0 Å². The van der Waals surface area contributed by atoms with Crippen molar-refractivity contribution in [2.45, 2.75) is 52.6 Å². The lowest BCUT2D eigenvalue weighted by molar-refractivity contribution is 0.0944. The van der Waals surface area contributed by atoms with E-state index < -0.39 is 5.91 Å². The Morgan fingerprint density at radius 3 is 2.58 bits per heavy atom. The fourth-order valence-corrected chi connectivity index (χ4v) is 4.44. The highest BCUT2D eigenvalue weighted by Gasteiger charge is 2.20. The van der Waals surface area contributed by atoms with Crippen molar-refractivity contribution >= 4 is 5.91 Å². The Morgan fingerprint density at radius 2 is 1.85 bits per heavy atom. The number of piperidine rings is 1. The van der Waals surface area contributed by atoms with E-state index in [1.165, 1.54) is 19.3 Å². The summed E-state index contributed by atoms with van der Waals surface area (Å²) in [4.78, 5) is 28.3. The summed E-state index contributed by atoms with van der Waals surface area (Å²) in [5, 5.41) is 10.8. The molecule has 1 aliphatic rings. The first-order chi connectivity index (χ1) is 16.1. The van der Waals surface area contributed by atoms with Crippen LogP contribution in [0.15, 0.2) is 45.6 Å². The fraction of sp³-hybridized carbons (Fsp3) is 0.440. The van der Waals surface area contributed by atoms with Crippen molar-refractivity contribution in [2.24, 2.45) is 0 Å². The van der Waals surface area contributed by atoms with Gasteiger partial charge in [0.25, 0.3) is 5.91 Å². The molecule has 0 atom stereocenters. The molecule has 1 N–H and O–H groups in total. The second-order valence-electron chi connectivity index (χ2n) is 8.43. The molecule has 174 valence electrons. The van der Waals surface area contributed by atoms with Crippen LogP contribution in [-0.2, 0) is 19.5 Å². The minimum Gasteiger partial charge on any atom is -0.419 e. The average molecular weight is 450 g/mol. The number of nitrogens with zero attached hydrogens (tertiary/aromatic N) is 4. The summed E-state index contributed by atoms with van der Waals surface area (Å²) in [5.41, 5.74) is 2.40. The first-order valence-electron chi connectivity index (χ1n) is 11.7. The number of nitrogens with one attached hydrogen (secondary N) is 1. The number of carbonyl (C=O) groups excluding carboxylic acids is 1. The van der Waals surface area contributed by atoms with Crippen LogP contribution in [0.4, 0.5) is 0 Å². The third-order valence-corrected chi connectivity index (χ3v) is 6.16. The van der Waals surface area contributed by atoms with Crippen molar-refractivity contribution in [3.05, 3.63) is 69.5 Å². The van der Waals surface area contributed by atoms with Crippen LogP contribution in [-0.4, -0.2) is 45.2 Å². The van der Waals surface area contributed by atoms with Crippen molar-refractivity contribution in [1.29, 1.82) is 0 Å². The van der Waals surface area contributed by atoms with Crippen LogP contribution in [0.2, 0.25) is 0 Å². The van der Waals surface area contributed by atoms with Gasteiger partial charge in [-0.05, 0) is 51.4 Å². The lowest BCUT2D eigenvalue weighted by Gasteiger charge is -2.28. The molecule has 4 rings (SSSR count). The van der Waals surface area contributed by atoms with E-state index in [1.54, 1.807) is 6.07 Å². The monoisotopic (exact) mass is 449 g/mol. The molecule has 1 amide bonds. The maximum absolute atomic E-state index is 13.0. The molecule has 0 radical (unpaired) electrons. The maximum atomic E-state index is 13.0. The Bertz CT molecular complexity index is 1150. The third kappa shape index (κ3) is 5.39. The van der Waals surface area contributed by atoms with Crippen molar-refractivity contribution in [3.63, 3.8) is 0 Å². The largest absolute Gasteiger partial charge is 0.419 e. The van der Waals surface area contributed by atoms with Crippen LogP contribution in [0.5, 0.6) is 0 Å². The molecule has 8 heteroatoms. The third-order valence-electron chi connectivity index (χ3n) is 6.16.